The molecular formula is C41H44N3O2P. The third kappa shape index (κ3) is 6.17. The number of hydrogen-bond acceptors (Lipinski definition) is 4. The fraction of sp³-hybridized carbons (Fsp3) is 0.268. The summed E-state index contributed by atoms with van der Waals surface area (Å²) in [4.78, 5) is 1.55. The highest BCUT2D eigenvalue weighted by Crippen LogP contribution is 2.45. The standard InChI is InChI=1S/C41H44N3O2P/c1-6-7-17-26-40(2,3)31-27-35(41(4,5)30-18-11-8-12-19-30)39(45)38(28-31)44-42-36-25-24-34(29-37(36)43-44)47(46,32-20-13-9-14-21-32)33-22-15-10-16-23-33/h8-16,18-25,27-29,45H,6-7,17,26H2,1-5H3. The van der Waals surface area contributed by atoms with Gasteiger partial charge in [-0.1, -0.05) is 151 Å². The van der Waals surface area contributed by atoms with Gasteiger partial charge >= 0.3 is 0 Å². The predicted octanol–water partition coefficient (Wildman–Crippen LogP) is 8.95. The lowest BCUT2D eigenvalue weighted by atomic mass is 9.73. The Morgan fingerprint density at radius 3 is 1.83 bits per heavy atom. The molecule has 1 N–H and O–H groups in total. The molecule has 47 heavy (non-hydrogen) atoms. The van der Waals surface area contributed by atoms with Crippen molar-refractivity contribution in [1.82, 2.24) is 15.0 Å². The predicted molar refractivity (Wildman–Crippen MR) is 196 cm³/mol. The number of phenolic OH excluding ortho intramolecular Hbond substituents is 1. The number of nitrogens with zero attached hydrogens (tertiary/aromatic N) is 3. The minimum atomic E-state index is -3.19. The van der Waals surface area contributed by atoms with Crippen LogP contribution in [0.25, 0.3) is 16.7 Å². The van der Waals surface area contributed by atoms with Gasteiger partial charge in [-0.25, -0.2) is 0 Å². The molecule has 0 radical (unpaired) electrons. The molecule has 0 bridgehead atoms. The summed E-state index contributed by atoms with van der Waals surface area (Å²) in [6.45, 7) is 11.1. The highest BCUT2D eigenvalue weighted by Gasteiger charge is 2.33. The van der Waals surface area contributed by atoms with Crippen molar-refractivity contribution in [2.75, 3.05) is 0 Å². The Hall–Kier alpha value is -4.47. The van der Waals surface area contributed by atoms with E-state index in [1.807, 2.05) is 103 Å². The lowest BCUT2D eigenvalue weighted by Crippen LogP contribution is -2.24. The van der Waals surface area contributed by atoms with Crippen LogP contribution in [0.5, 0.6) is 5.75 Å². The molecular weight excluding hydrogens is 597 g/mol. The third-order valence-corrected chi connectivity index (χ3v) is 12.7. The molecule has 0 spiro atoms. The molecule has 0 fully saturated rings. The molecule has 0 aliphatic heterocycles. The van der Waals surface area contributed by atoms with Gasteiger partial charge in [0.1, 0.15) is 22.5 Å². The molecule has 240 valence electrons. The van der Waals surface area contributed by atoms with Gasteiger partial charge in [-0.15, -0.1) is 15.0 Å². The van der Waals surface area contributed by atoms with Gasteiger partial charge in [-0.3, -0.25) is 0 Å². The number of aromatic nitrogens is 3. The molecule has 0 amide bonds. The topological polar surface area (TPSA) is 68.0 Å². The van der Waals surface area contributed by atoms with Crippen LogP contribution in [0.3, 0.4) is 0 Å². The smallest absolute Gasteiger partial charge is 0.171 e. The minimum Gasteiger partial charge on any atom is -0.505 e. The lowest BCUT2D eigenvalue weighted by Gasteiger charge is -2.32. The Morgan fingerprint density at radius 2 is 1.23 bits per heavy atom. The normalized spacial score (nSPS) is 12.4. The molecule has 6 aromatic rings. The SMILES string of the molecule is CCCCCC(C)(C)c1cc(-n2nc3ccc(P(=O)(c4ccccc4)c4ccccc4)cc3n2)c(O)c(C(C)(C)c2ccccc2)c1. The zero-order valence-electron chi connectivity index (χ0n) is 28.0. The van der Waals surface area contributed by atoms with Crippen molar-refractivity contribution in [2.45, 2.75) is 71.1 Å². The van der Waals surface area contributed by atoms with Crippen molar-refractivity contribution in [3.8, 4) is 11.4 Å². The van der Waals surface area contributed by atoms with E-state index in [9.17, 15) is 5.11 Å². The monoisotopic (exact) mass is 641 g/mol. The number of aromatic hydroxyl groups is 1. The second-order valence-electron chi connectivity index (χ2n) is 13.7. The van der Waals surface area contributed by atoms with Gasteiger partial charge in [-0.2, -0.15) is 0 Å². The fourth-order valence-corrected chi connectivity index (χ4v) is 9.21. The van der Waals surface area contributed by atoms with Crippen LogP contribution in [-0.2, 0) is 15.4 Å². The average Bonchev–Trinajstić information content (AvgIpc) is 3.52. The highest BCUT2D eigenvalue weighted by atomic mass is 31.2. The van der Waals surface area contributed by atoms with Gasteiger partial charge in [0.05, 0.1) is 0 Å². The van der Waals surface area contributed by atoms with E-state index in [1.54, 1.807) is 4.80 Å². The molecule has 0 atom stereocenters. The molecule has 0 aliphatic rings. The first-order valence-electron chi connectivity index (χ1n) is 16.6. The molecule has 1 heterocycles. The van der Waals surface area contributed by atoms with Crippen molar-refractivity contribution < 1.29 is 9.67 Å². The largest absolute Gasteiger partial charge is 0.505 e. The van der Waals surface area contributed by atoms with Crippen molar-refractivity contribution in [3.63, 3.8) is 0 Å². The van der Waals surface area contributed by atoms with Gasteiger partial charge in [0.25, 0.3) is 0 Å². The first-order valence-corrected chi connectivity index (χ1v) is 18.3. The Labute approximate surface area is 278 Å². The van der Waals surface area contributed by atoms with Crippen molar-refractivity contribution in [1.29, 1.82) is 0 Å². The summed E-state index contributed by atoms with van der Waals surface area (Å²) < 4.78 is 15.1. The Bertz CT molecular complexity index is 1990. The molecule has 0 saturated heterocycles. The van der Waals surface area contributed by atoms with Gasteiger partial charge in [0.2, 0.25) is 0 Å². The number of fused-ring (bicyclic) bond motifs is 1. The molecule has 5 aromatic carbocycles. The van der Waals surface area contributed by atoms with Crippen LogP contribution in [-0.4, -0.2) is 20.1 Å². The second-order valence-corrected chi connectivity index (χ2v) is 16.4. The Morgan fingerprint density at radius 1 is 0.660 bits per heavy atom. The third-order valence-electron chi connectivity index (χ3n) is 9.63. The summed E-state index contributed by atoms with van der Waals surface area (Å²) in [5.74, 6) is 0.159. The molecule has 0 unspecified atom stereocenters. The zero-order valence-corrected chi connectivity index (χ0v) is 28.9. The molecule has 0 saturated carbocycles. The summed E-state index contributed by atoms with van der Waals surface area (Å²) in [7, 11) is -3.19. The Kier molecular flexibility index (Phi) is 8.96. The van der Waals surface area contributed by atoms with E-state index in [0.29, 0.717) is 22.0 Å². The minimum absolute atomic E-state index is 0.128. The van der Waals surface area contributed by atoms with Gasteiger partial charge < -0.3 is 9.67 Å². The summed E-state index contributed by atoms with van der Waals surface area (Å²) in [6, 6.07) is 39.5. The molecule has 6 heteroatoms. The van der Waals surface area contributed by atoms with E-state index in [0.717, 1.165) is 46.6 Å². The van der Waals surface area contributed by atoms with Crippen LogP contribution < -0.4 is 15.9 Å². The van der Waals surface area contributed by atoms with Gasteiger partial charge in [-0.05, 0) is 47.2 Å². The number of hydrogen-bond donors (Lipinski definition) is 1. The van der Waals surface area contributed by atoms with Crippen LogP contribution in [0.2, 0.25) is 0 Å². The highest BCUT2D eigenvalue weighted by molar-refractivity contribution is 7.85. The first kappa shape index (κ1) is 32.5. The van der Waals surface area contributed by atoms with E-state index >= 15 is 4.57 Å². The maximum absolute atomic E-state index is 15.1. The molecule has 0 aliphatic carbocycles. The van der Waals surface area contributed by atoms with Crippen LogP contribution in [0.1, 0.15) is 77.0 Å². The Balaban J connectivity index is 1.51. The maximum atomic E-state index is 15.1. The number of rotatable bonds is 11. The maximum Gasteiger partial charge on any atom is 0.171 e. The summed E-state index contributed by atoms with van der Waals surface area (Å²) in [6.07, 6.45) is 4.51. The van der Waals surface area contributed by atoms with Crippen molar-refractivity contribution in [3.05, 3.63) is 138 Å². The summed E-state index contributed by atoms with van der Waals surface area (Å²) >= 11 is 0. The lowest BCUT2D eigenvalue weighted by molar-refractivity contribution is 0.433. The van der Waals surface area contributed by atoms with Crippen LogP contribution >= 0.6 is 7.14 Å². The number of unbranched alkanes of at least 4 members (excludes halogenated alkanes) is 2. The van der Waals surface area contributed by atoms with Crippen molar-refractivity contribution >= 4 is 34.1 Å². The fourth-order valence-electron chi connectivity index (χ4n) is 6.54. The van der Waals surface area contributed by atoms with Gasteiger partial charge in [0, 0.05) is 26.9 Å². The van der Waals surface area contributed by atoms with E-state index in [2.05, 4.69) is 52.8 Å². The van der Waals surface area contributed by atoms with E-state index in [4.69, 9.17) is 10.2 Å². The van der Waals surface area contributed by atoms with E-state index in [1.165, 1.54) is 6.42 Å². The van der Waals surface area contributed by atoms with Crippen LogP contribution in [0, 0.1) is 0 Å². The van der Waals surface area contributed by atoms with Crippen LogP contribution in [0.4, 0.5) is 0 Å². The molecule has 5 nitrogen and oxygen atoms in total. The zero-order chi connectivity index (χ0) is 33.2. The second kappa shape index (κ2) is 13.0. The number of phenols is 1. The molecule has 1 aromatic heterocycles. The summed E-state index contributed by atoms with van der Waals surface area (Å²) in [5, 5.41) is 24.0. The van der Waals surface area contributed by atoms with Gasteiger partial charge in [0.15, 0.2) is 7.14 Å². The quantitative estimate of drug-likeness (QED) is 0.113. The van der Waals surface area contributed by atoms with E-state index in [-0.39, 0.29) is 11.2 Å². The van der Waals surface area contributed by atoms with Crippen molar-refractivity contribution in [2.24, 2.45) is 0 Å². The molecule has 6 rings (SSSR count). The first-order chi connectivity index (χ1) is 22.6. The van der Waals surface area contributed by atoms with Crippen LogP contribution in [0.15, 0.2) is 121 Å². The summed E-state index contributed by atoms with van der Waals surface area (Å²) in [5.41, 5.74) is 4.30. The van der Waals surface area contributed by atoms with E-state index < -0.39 is 12.6 Å². The number of benzene rings is 5. The average molecular weight is 642 g/mol.